The number of aryl methyl sites for hydroxylation is 1. The number of H-pyrrole nitrogens is 1. The van der Waals surface area contributed by atoms with Crippen LogP contribution in [0.25, 0.3) is 10.9 Å². The molecule has 0 radical (unpaired) electrons. The van der Waals surface area contributed by atoms with E-state index in [0.29, 0.717) is 6.04 Å². The van der Waals surface area contributed by atoms with Gasteiger partial charge in [-0.2, -0.15) is 0 Å². The molecule has 1 aliphatic carbocycles. The normalized spacial score (nSPS) is 20.5. The summed E-state index contributed by atoms with van der Waals surface area (Å²) >= 11 is 3.53. The van der Waals surface area contributed by atoms with Crippen LogP contribution in [0.1, 0.15) is 30.1 Å². The van der Waals surface area contributed by atoms with E-state index in [0.717, 1.165) is 4.47 Å². The molecule has 0 fully saturated rings. The Morgan fingerprint density at radius 2 is 2.27 bits per heavy atom. The maximum Gasteiger partial charge on any atom is 0.125 e. The van der Waals surface area contributed by atoms with E-state index in [9.17, 15) is 0 Å². The molecule has 3 rings (SSSR count). The molecule has 1 atom stereocenters. The number of aromatic nitrogens is 1. The molecule has 78 valence electrons. The number of aromatic amines is 1. The standard InChI is InChI=1S/C12H13BrN2/c13-7-4-5-11-9(6-7)8-2-1-3-10(14)12(8)15-11/h4-6,10,15H,1-3,14H2/p+1/t10-/m0/s1. The molecular formula is C12H14BrN2+. The summed E-state index contributed by atoms with van der Waals surface area (Å²) in [6.45, 7) is 0. The van der Waals surface area contributed by atoms with Crippen molar-refractivity contribution in [1.29, 1.82) is 0 Å². The highest BCUT2D eigenvalue weighted by atomic mass is 79.9. The van der Waals surface area contributed by atoms with E-state index < -0.39 is 0 Å². The average molecular weight is 266 g/mol. The molecule has 1 heterocycles. The summed E-state index contributed by atoms with van der Waals surface area (Å²) in [7, 11) is 0. The number of hydrogen-bond donors (Lipinski definition) is 2. The molecule has 2 nitrogen and oxygen atoms in total. The second-order valence-corrected chi connectivity index (χ2v) is 5.21. The van der Waals surface area contributed by atoms with Gasteiger partial charge >= 0.3 is 0 Å². The summed E-state index contributed by atoms with van der Waals surface area (Å²) < 4.78 is 1.16. The summed E-state index contributed by atoms with van der Waals surface area (Å²) in [5, 5.41) is 1.37. The fourth-order valence-corrected chi connectivity index (χ4v) is 2.89. The molecule has 1 aromatic heterocycles. The minimum Gasteiger partial charge on any atom is -0.353 e. The molecule has 0 aliphatic heterocycles. The number of halogens is 1. The van der Waals surface area contributed by atoms with Crippen LogP contribution in [0, 0.1) is 0 Å². The Kier molecular flexibility index (Phi) is 2.11. The van der Waals surface area contributed by atoms with Crippen molar-refractivity contribution in [2.24, 2.45) is 0 Å². The lowest BCUT2D eigenvalue weighted by Crippen LogP contribution is -2.54. The lowest BCUT2D eigenvalue weighted by molar-refractivity contribution is -0.430. The van der Waals surface area contributed by atoms with Gasteiger partial charge in [-0.15, -0.1) is 0 Å². The van der Waals surface area contributed by atoms with Gasteiger partial charge in [0.25, 0.3) is 0 Å². The zero-order valence-electron chi connectivity index (χ0n) is 8.52. The Morgan fingerprint density at radius 3 is 3.13 bits per heavy atom. The Morgan fingerprint density at radius 1 is 1.40 bits per heavy atom. The Bertz CT molecular complexity index is 516. The number of nitrogens with one attached hydrogen (secondary N) is 1. The lowest BCUT2D eigenvalue weighted by Gasteiger charge is -2.15. The topological polar surface area (TPSA) is 43.4 Å². The third kappa shape index (κ3) is 1.42. The maximum atomic E-state index is 4.21. The van der Waals surface area contributed by atoms with Gasteiger partial charge in [0.15, 0.2) is 0 Å². The van der Waals surface area contributed by atoms with E-state index in [4.69, 9.17) is 0 Å². The van der Waals surface area contributed by atoms with Crippen molar-refractivity contribution in [2.75, 3.05) is 0 Å². The van der Waals surface area contributed by atoms with E-state index in [2.05, 4.69) is 44.8 Å². The van der Waals surface area contributed by atoms with Gasteiger partial charge in [-0.25, -0.2) is 0 Å². The number of quaternary nitrogens is 1. The van der Waals surface area contributed by atoms with Gasteiger partial charge in [0.1, 0.15) is 6.04 Å². The van der Waals surface area contributed by atoms with Crippen molar-refractivity contribution in [3.05, 3.63) is 33.9 Å². The largest absolute Gasteiger partial charge is 0.353 e. The number of hydrogen-bond acceptors (Lipinski definition) is 0. The fraction of sp³-hybridized carbons (Fsp3) is 0.333. The molecular weight excluding hydrogens is 252 g/mol. The quantitative estimate of drug-likeness (QED) is 0.736. The van der Waals surface area contributed by atoms with Crippen LogP contribution >= 0.6 is 15.9 Å². The molecule has 1 aliphatic rings. The first-order valence-electron chi connectivity index (χ1n) is 5.39. The third-order valence-corrected chi connectivity index (χ3v) is 3.78. The monoisotopic (exact) mass is 265 g/mol. The first-order valence-corrected chi connectivity index (χ1v) is 6.18. The Balaban J connectivity index is 2.31. The molecule has 3 heteroatoms. The van der Waals surface area contributed by atoms with Crippen LogP contribution in [0.3, 0.4) is 0 Å². The second kappa shape index (κ2) is 3.35. The van der Waals surface area contributed by atoms with Crippen LogP contribution in [0.4, 0.5) is 0 Å². The van der Waals surface area contributed by atoms with Crippen LogP contribution in [0.2, 0.25) is 0 Å². The minimum atomic E-state index is 0.444. The first-order chi connectivity index (χ1) is 7.25. The molecule has 0 amide bonds. The molecule has 2 aromatic rings. The number of rotatable bonds is 0. The van der Waals surface area contributed by atoms with Crippen LogP contribution in [0.5, 0.6) is 0 Å². The smallest absolute Gasteiger partial charge is 0.125 e. The second-order valence-electron chi connectivity index (χ2n) is 4.30. The van der Waals surface area contributed by atoms with Crippen molar-refractivity contribution < 1.29 is 5.73 Å². The zero-order valence-corrected chi connectivity index (χ0v) is 10.1. The predicted molar refractivity (Wildman–Crippen MR) is 64.6 cm³/mol. The summed E-state index contributed by atoms with van der Waals surface area (Å²) in [6.07, 6.45) is 3.67. The Labute approximate surface area is 97.0 Å². The van der Waals surface area contributed by atoms with Crippen LogP contribution in [-0.2, 0) is 6.42 Å². The maximum absolute atomic E-state index is 4.21. The molecule has 0 bridgehead atoms. The first kappa shape index (κ1) is 9.43. The van der Waals surface area contributed by atoms with E-state index in [1.165, 1.54) is 41.4 Å². The molecule has 0 saturated carbocycles. The van der Waals surface area contributed by atoms with Gasteiger partial charge in [0.2, 0.25) is 0 Å². The van der Waals surface area contributed by atoms with Crippen molar-refractivity contribution in [3.8, 4) is 0 Å². The third-order valence-electron chi connectivity index (χ3n) is 3.29. The molecule has 0 spiro atoms. The van der Waals surface area contributed by atoms with Crippen molar-refractivity contribution in [1.82, 2.24) is 4.98 Å². The predicted octanol–water partition coefficient (Wildman–Crippen LogP) is 2.55. The minimum absolute atomic E-state index is 0.444. The average Bonchev–Trinajstić information content (AvgIpc) is 2.58. The van der Waals surface area contributed by atoms with Gasteiger partial charge in [-0.05, 0) is 36.6 Å². The molecule has 0 saturated heterocycles. The molecule has 4 N–H and O–H groups in total. The van der Waals surface area contributed by atoms with Gasteiger partial charge in [0, 0.05) is 21.8 Å². The van der Waals surface area contributed by atoms with Crippen molar-refractivity contribution in [2.45, 2.75) is 25.3 Å². The summed E-state index contributed by atoms with van der Waals surface area (Å²) in [4.78, 5) is 3.51. The SMILES string of the molecule is [NH3+][C@H]1CCCc2c1[nH]c1ccc(Br)cc21. The van der Waals surface area contributed by atoms with Gasteiger partial charge in [-0.3, -0.25) is 0 Å². The summed E-state index contributed by atoms with van der Waals surface area (Å²) in [5.74, 6) is 0. The summed E-state index contributed by atoms with van der Waals surface area (Å²) in [5.41, 5.74) is 8.30. The van der Waals surface area contributed by atoms with E-state index >= 15 is 0 Å². The fourth-order valence-electron chi connectivity index (χ4n) is 2.53. The van der Waals surface area contributed by atoms with E-state index in [1.54, 1.807) is 0 Å². The number of fused-ring (bicyclic) bond motifs is 3. The molecule has 15 heavy (non-hydrogen) atoms. The van der Waals surface area contributed by atoms with E-state index in [1.807, 2.05) is 0 Å². The Hall–Kier alpha value is -0.800. The van der Waals surface area contributed by atoms with Crippen molar-refractivity contribution >= 4 is 26.8 Å². The highest BCUT2D eigenvalue weighted by Gasteiger charge is 2.23. The van der Waals surface area contributed by atoms with Gasteiger partial charge in [-0.1, -0.05) is 15.9 Å². The van der Waals surface area contributed by atoms with Crippen LogP contribution in [0.15, 0.2) is 22.7 Å². The highest BCUT2D eigenvalue weighted by molar-refractivity contribution is 9.10. The van der Waals surface area contributed by atoms with Crippen LogP contribution < -0.4 is 5.73 Å². The zero-order chi connectivity index (χ0) is 10.4. The highest BCUT2D eigenvalue weighted by Crippen LogP contribution is 2.33. The lowest BCUT2D eigenvalue weighted by atomic mass is 9.92. The van der Waals surface area contributed by atoms with E-state index in [-0.39, 0.29) is 0 Å². The number of benzene rings is 1. The molecule has 0 unspecified atom stereocenters. The summed E-state index contributed by atoms with van der Waals surface area (Å²) in [6, 6.07) is 6.88. The molecule has 1 aromatic carbocycles. The van der Waals surface area contributed by atoms with Gasteiger partial charge < -0.3 is 10.7 Å². The van der Waals surface area contributed by atoms with Gasteiger partial charge in [0.05, 0.1) is 5.69 Å². The van der Waals surface area contributed by atoms with Crippen molar-refractivity contribution in [3.63, 3.8) is 0 Å². The van der Waals surface area contributed by atoms with Crippen LogP contribution in [-0.4, -0.2) is 4.98 Å².